The van der Waals surface area contributed by atoms with Crippen molar-refractivity contribution in [3.8, 4) is 0 Å². The molecule has 2 rings (SSSR count). The van der Waals surface area contributed by atoms with Crippen molar-refractivity contribution in [2.75, 3.05) is 18.0 Å². The van der Waals surface area contributed by atoms with Crippen LogP contribution in [-0.4, -0.2) is 40.7 Å². The molecular formula is C21H35N3O2. The number of hydrogen-bond acceptors (Lipinski definition) is 4. The Morgan fingerprint density at radius 3 is 2.50 bits per heavy atom. The second kappa shape index (κ2) is 8.38. The minimum atomic E-state index is -0.522. The Balaban J connectivity index is 2.17. The van der Waals surface area contributed by atoms with Gasteiger partial charge in [-0.15, -0.1) is 0 Å². The third kappa shape index (κ3) is 5.44. The van der Waals surface area contributed by atoms with Crippen LogP contribution in [0.25, 0.3) is 0 Å². The number of rotatable bonds is 5. The van der Waals surface area contributed by atoms with E-state index in [1.165, 1.54) is 18.4 Å². The second-order valence-electron chi connectivity index (χ2n) is 8.94. The lowest BCUT2D eigenvalue weighted by atomic mass is 10.1. The van der Waals surface area contributed by atoms with E-state index in [-0.39, 0.29) is 12.1 Å². The van der Waals surface area contributed by atoms with Gasteiger partial charge >= 0.3 is 6.09 Å². The van der Waals surface area contributed by atoms with E-state index in [1.807, 2.05) is 46.9 Å². The topological polar surface area (TPSA) is 45.7 Å². The van der Waals surface area contributed by atoms with Crippen molar-refractivity contribution in [2.24, 2.45) is 5.92 Å². The average Bonchev–Trinajstić information content (AvgIpc) is 2.93. The molecule has 1 unspecified atom stereocenters. The van der Waals surface area contributed by atoms with Gasteiger partial charge in [0.25, 0.3) is 0 Å². The maximum atomic E-state index is 12.6. The van der Waals surface area contributed by atoms with Crippen molar-refractivity contribution in [3.63, 3.8) is 0 Å². The Kier molecular flexibility index (Phi) is 6.67. The molecule has 5 nitrogen and oxygen atoms in total. The summed E-state index contributed by atoms with van der Waals surface area (Å²) in [4.78, 5) is 21.4. The standard InChI is InChI=1S/C21H35N3O2/c1-15(2)14-23-12-8-9-18(23)17-10-11-19(22-13-17)24(16(3)4)20(25)26-21(5,6)7/h10-11,13,15-16,18H,8-9,12,14H2,1-7H3. The van der Waals surface area contributed by atoms with E-state index in [1.54, 1.807) is 4.90 Å². The number of nitrogens with zero attached hydrogens (tertiary/aromatic N) is 3. The van der Waals surface area contributed by atoms with Crippen molar-refractivity contribution in [2.45, 2.75) is 79.0 Å². The first-order chi connectivity index (χ1) is 12.1. The highest BCUT2D eigenvalue weighted by molar-refractivity contribution is 5.87. The van der Waals surface area contributed by atoms with Crippen LogP contribution in [0.2, 0.25) is 0 Å². The third-order valence-corrected chi connectivity index (χ3v) is 4.47. The number of aromatic nitrogens is 1. The third-order valence-electron chi connectivity index (χ3n) is 4.47. The predicted octanol–water partition coefficient (Wildman–Crippen LogP) is 5.02. The molecule has 0 radical (unpaired) electrons. The van der Waals surface area contributed by atoms with Gasteiger partial charge in [-0.25, -0.2) is 9.78 Å². The predicted molar refractivity (Wildman–Crippen MR) is 106 cm³/mol. The van der Waals surface area contributed by atoms with Crippen molar-refractivity contribution in [1.29, 1.82) is 0 Å². The first kappa shape index (κ1) is 20.7. The molecule has 2 heterocycles. The van der Waals surface area contributed by atoms with Crippen molar-refractivity contribution < 1.29 is 9.53 Å². The number of carbonyl (C=O) groups is 1. The van der Waals surface area contributed by atoms with Gasteiger partial charge in [0.1, 0.15) is 11.4 Å². The molecule has 0 saturated carbocycles. The molecule has 1 aliphatic heterocycles. The molecule has 1 aromatic rings. The molecule has 0 aliphatic carbocycles. The van der Waals surface area contributed by atoms with E-state index in [0.29, 0.717) is 17.8 Å². The summed E-state index contributed by atoms with van der Waals surface area (Å²) in [6.07, 6.45) is 3.98. The van der Waals surface area contributed by atoms with E-state index < -0.39 is 5.60 Å². The van der Waals surface area contributed by atoms with Crippen LogP contribution in [0.3, 0.4) is 0 Å². The van der Waals surface area contributed by atoms with Crippen molar-refractivity contribution in [3.05, 3.63) is 23.9 Å². The van der Waals surface area contributed by atoms with Crippen LogP contribution in [0.15, 0.2) is 18.3 Å². The molecule has 26 heavy (non-hydrogen) atoms. The number of carbonyl (C=O) groups excluding carboxylic acids is 1. The molecule has 0 aromatic carbocycles. The number of ether oxygens (including phenoxy) is 1. The highest BCUT2D eigenvalue weighted by Gasteiger charge is 2.29. The normalized spacial score (nSPS) is 18.6. The van der Waals surface area contributed by atoms with Crippen molar-refractivity contribution >= 4 is 11.9 Å². The first-order valence-corrected chi connectivity index (χ1v) is 9.80. The van der Waals surface area contributed by atoms with E-state index in [0.717, 1.165) is 13.1 Å². The fourth-order valence-electron chi connectivity index (χ4n) is 3.51. The Morgan fingerprint density at radius 1 is 1.31 bits per heavy atom. The molecule has 5 heteroatoms. The Bertz CT molecular complexity index is 590. The van der Waals surface area contributed by atoms with E-state index >= 15 is 0 Å². The maximum Gasteiger partial charge on any atom is 0.416 e. The smallest absolute Gasteiger partial charge is 0.416 e. The Hall–Kier alpha value is -1.62. The zero-order valence-electron chi connectivity index (χ0n) is 17.5. The summed E-state index contributed by atoms with van der Waals surface area (Å²) in [5, 5.41) is 0. The first-order valence-electron chi connectivity index (χ1n) is 9.80. The van der Waals surface area contributed by atoms with Gasteiger partial charge in [-0.3, -0.25) is 9.80 Å². The van der Waals surface area contributed by atoms with Gasteiger partial charge in [0, 0.05) is 24.8 Å². The van der Waals surface area contributed by atoms with Gasteiger partial charge in [-0.05, 0) is 71.6 Å². The lowest BCUT2D eigenvalue weighted by Gasteiger charge is -2.30. The Morgan fingerprint density at radius 2 is 2.00 bits per heavy atom. The van der Waals surface area contributed by atoms with Crippen LogP contribution in [0.1, 0.15) is 72.9 Å². The minimum absolute atomic E-state index is 0.0212. The van der Waals surface area contributed by atoms with Crippen molar-refractivity contribution in [1.82, 2.24) is 9.88 Å². The van der Waals surface area contributed by atoms with Gasteiger partial charge in [-0.2, -0.15) is 0 Å². The molecule has 1 aliphatic rings. The molecule has 1 fully saturated rings. The summed E-state index contributed by atoms with van der Waals surface area (Å²) < 4.78 is 5.55. The van der Waals surface area contributed by atoms with E-state index in [9.17, 15) is 4.79 Å². The molecule has 1 atom stereocenters. The van der Waals surface area contributed by atoms with Gasteiger partial charge in [0.2, 0.25) is 0 Å². The van der Waals surface area contributed by atoms with Crippen LogP contribution < -0.4 is 4.90 Å². The quantitative estimate of drug-likeness (QED) is 0.738. The second-order valence-corrected chi connectivity index (χ2v) is 8.94. The molecule has 1 amide bonds. The molecule has 0 bridgehead atoms. The lowest BCUT2D eigenvalue weighted by molar-refractivity contribution is 0.0569. The monoisotopic (exact) mass is 361 g/mol. The van der Waals surface area contributed by atoms with Gasteiger partial charge in [-0.1, -0.05) is 19.9 Å². The van der Waals surface area contributed by atoms with Crippen LogP contribution in [0, 0.1) is 5.92 Å². The number of anilines is 1. The van der Waals surface area contributed by atoms with Crippen LogP contribution in [0.4, 0.5) is 10.6 Å². The lowest BCUT2D eigenvalue weighted by Crippen LogP contribution is -2.41. The fourth-order valence-corrected chi connectivity index (χ4v) is 3.51. The van der Waals surface area contributed by atoms with Crippen LogP contribution in [0.5, 0.6) is 0 Å². The molecule has 1 saturated heterocycles. The molecule has 0 spiro atoms. The molecule has 146 valence electrons. The summed E-state index contributed by atoms with van der Waals surface area (Å²) in [7, 11) is 0. The zero-order valence-corrected chi connectivity index (χ0v) is 17.5. The molecule has 1 aromatic heterocycles. The summed E-state index contributed by atoms with van der Waals surface area (Å²) in [5.74, 6) is 1.30. The zero-order chi connectivity index (χ0) is 19.5. The number of pyridine rings is 1. The Labute approximate surface area is 158 Å². The largest absolute Gasteiger partial charge is 0.443 e. The van der Waals surface area contributed by atoms with Gasteiger partial charge in [0.15, 0.2) is 0 Å². The summed E-state index contributed by atoms with van der Waals surface area (Å²) in [6.45, 7) is 16.4. The van der Waals surface area contributed by atoms with E-state index in [2.05, 4.69) is 29.8 Å². The van der Waals surface area contributed by atoms with E-state index in [4.69, 9.17) is 4.74 Å². The number of hydrogen-bond donors (Lipinski definition) is 0. The highest BCUT2D eigenvalue weighted by Crippen LogP contribution is 2.33. The van der Waals surface area contributed by atoms with Gasteiger partial charge in [0.05, 0.1) is 0 Å². The minimum Gasteiger partial charge on any atom is -0.443 e. The van der Waals surface area contributed by atoms with Gasteiger partial charge < -0.3 is 4.74 Å². The molecule has 0 N–H and O–H groups in total. The fraction of sp³-hybridized carbons (Fsp3) is 0.714. The number of amides is 1. The number of likely N-dealkylation sites (tertiary alicyclic amines) is 1. The average molecular weight is 362 g/mol. The van der Waals surface area contributed by atoms with Crippen LogP contribution in [-0.2, 0) is 4.74 Å². The SMILES string of the molecule is CC(C)CN1CCCC1c1ccc(N(C(=O)OC(C)(C)C)C(C)C)nc1. The molecular weight excluding hydrogens is 326 g/mol. The summed E-state index contributed by atoms with van der Waals surface area (Å²) in [6, 6.07) is 4.48. The highest BCUT2D eigenvalue weighted by atomic mass is 16.6. The van der Waals surface area contributed by atoms with Crippen LogP contribution >= 0.6 is 0 Å². The maximum absolute atomic E-state index is 12.6. The summed E-state index contributed by atoms with van der Waals surface area (Å²) in [5.41, 5.74) is 0.713. The summed E-state index contributed by atoms with van der Waals surface area (Å²) >= 11 is 0.